The molecule has 4 rings (SSSR count). The van der Waals surface area contributed by atoms with Crippen LogP contribution < -0.4 is 10.2 Å². The van der Waals surface area contributed by atoms with Gasteiger partial charge in [-0.1, -0.05) is 12.1 Å². The quantitative estimate of drug-likeness (QED) is 0.570. The second kappa shape index (κ2) is 10.7. The molecule has 172 valence electrons. The Labute approximate surface area is 187 Å². The van der Waals surface area contributed by atoms with Gasteiger partial charge in [-0.25, -0.2) is 0 Å². The molecule has 0 radical (unpaired) electrons. The zero-order valence-electron chi connectivity index (χ0n) is 19.5. The summed E-state index contributed by atoms with van der Waals surface area (Å²) in [5, 5.41) is 3.58. The van der Waals surface area contributed by atoms with E-state index in [2.05, 4.69) is 57.1 Å². The van der Waals surface area contributed by atoms with E-state index in [4.69, 9.17) is 9.47 Å². The number of benzene rings is 1. The normalized spacial score (nSPS) is 25.8. The highest BCUT2D eigenvalue weighted by Crippen LogP contribution is 2.24. The first-order valence-electron chi connectivity index (χ1n) is 11.9. The predicted octanol–water partition coefficient (Wildman–Crippen LogP) is 1.88. The lowest BCUT2D eigenvalue weighted by Crippen LogP contribution is -2.54. The van der Waals surface area contributed by atoms with Gasteiger partial charge < -0.3 is 24.6 Å². The molecule has 0 aromatic heterocycles. The number of aryl methyl sites for hydroxylation is 1. The number of nitrogens with zero attached hydrogens (tertiary/aromatic N) is 4. The number of hydrogen-bond acceptors (Lipinski definition) is 5. The number of hydrogen-bond donors (Lipinski definition) is 1. The van der Waals surface area contributed by atoms with Gasteiger partial charge in [0.25, 0.3) is 0 Å². The molecule has 31 heavy (non-hydrogen) atoms. The number of morpholine rings is 1. The van der Waals surface area contributed by atoms with Gasteiger partial charge in [0, 0.05) is 71.7 Å². The summed E-state index contributed by atoms with van der Waals surface area (Å²) in [5.41, 5.74) is 4.18. The van der Waals surface area contributed by atoms with Gasteiger partial charge >= 0.3 is 0 Å². The van der Waals surface area contributed by atoms with E-state index in [1.54, 1.807) is 0 Å². The molecular weight excluding hydrogens is 390 g/mol. The number of ether oxygens (including phenoxy) is 2. The second-order valence-electron chi connectivity index (χ2n) is 8.93. The molecule has 3 heterocycles. The summed E-state index contributed by atoms with van der Waals surface area (Å²) in [4.78, 5) is 11.9. The Kier molecular flexibility index (Phi) is 7.69. The van der Waals surface area contributed by atoms with Crippen LogP contribution >= 0.6 is 0 Å². The van der Waals surface area contributed by atoms with Crippen molar-refractivity contribution >= 4 is 11.6 Å². The third-order valence-corrected chi connectivity index (χ3v) is 6.98. The van der Waals surface area contributed by atoms with Gasteiger partial charge in [0.15, 0.2) is 5.96 Å². The van der Waals surface area contributed by atoms with Crippen LogP contribution in [0, 0.1) is 13.8 Å². The number of aliphatic imine (C=N–C) groups is 1. The average Bonchev–Trinajstić information content (AvgIpc) is 3.34. The smallest absolute Gasteiger partial charge is 0.193 e. The Morgan fingerprint density at radius 1 is 1.06 bits per heavy atom. The second-order valence-corrected chi connectivity index (χ2v) is 8.93. The summed E-state index contributed by atoms with van der Waals surface area (Å²) in [6, 6.07) is 6.63. The molecule has 3 aliphatic heterocycles. The molecule has 3 saturated heterocycles. The third kappa shape index (κ3) is 5.51. The summed E-state index contributed by atoms with van der Waals surface area (Å²) in [6.07, 6.45) is 2.66. The van der Waals surface area contributed by atoms with Crippen molar-refractivity contribution in [2.24, 2.45) is 4.99 Å². The van der Waals surface area contributed by atoms with Crippen LogP contribution in [-0.2, 0) is 9.47 Å². The third-order valence-electron chi connectivity index (χ3n) is 6.98. The highest BCUT2D eigenvalue weighted by Gasteiger charge is 2.32. The standard InChI is InChI=1S/C24H39N5O2/c1-19-6-4-7-21(20(19)2)28-13-11-27(12-14-28)10-9-26-24(25-3)29-15-17-31-23(18-29)22-8-5-16-30-22/h4,6-7,22-23H,5,8-18H2,1-3H3,(H,25,26). The largest absolute Gasteiger partial charge is 0.375 e. The maximum atomic E-state index is 5.99. The zero-order valence-corrected chi connectivity index (χ0v) is 19.5. The fraction of sp³-hybridized carbons (Fsp3) is 0.708. The monoisotopic (exact) mass is 429 g/mol. The zero-order chi connectivity index (χ0) is 21.6. The van der Waals surface area contributed by atoms with E-state index in [1.165, 1.54) is 16.8 Å². The van der Waals surface area contributed by atoms with Crippen LogP contribution in [0.5, 0.6) is 0 Å². The van der Waals surface area contributed by atoms with E-state index in [0.717, 1.165) is 84.4 Å². The van der Waals surface area contributed by atoms with Crippen molar-refractivity contribution in [2.45, 2.75) is 38.9 Å². The number of anilines is 1. The Balaban J connectivity index is 1.20. The molecule has 2 unspecified atom stereocenters. The predicted molar refractivity (Wildman–Crippen MR) is 126 cm³/mol. The fourth-order valence-electron chi connectivity index (χ4n) is 4.94. The molecule has 7 heteroatoms. The molecule has 3 aliphatic rings. The van der Waals surface area contributed by atoms with E-state index in [9.17, 15) is 0 Å². The molecule has 1 aromatic rings. The van der Waals surface area contributed by atoms with Crippen molar-refractivity contribution in [3.63, 3.8) is 0 Å². The van der Waals surface area contributed by atoms with Crippen LogP contribution in [0.1, 0.15) is 24.0 Å². The van der Waals surface area contributed by atoms with Crippen LogP contribution in [0.25, 0.3) is 0 Å². The van der Waals surface area contributed by atoms with Crippen LogP contribution in [0.2, 0.25) is 0 Å². The molecule has 1 N–H and O–H groups in total. The van der Waals surface area contributed by atoms with Crippen molar-refractivity contribution in [3.8, 4) is 0 Å². The minimum Gasteiger partial charge on any atom is -0.375 e. The number of nitrogens with one attached hydrogen (secondary N) is 1. The van der Waals surface area contributed by atoms with E-state index < -0.39 is 0 Å². The number of guanidine groups is 1. The Bertz CT molecular complexity index is 741. The van der Waals surface area contributed by atoms with E-state index >= 15 is 0 Å². The molecule has 0 saturated carbocycles. The molecule has 0 aliphatic carbocycles. The minimum atomic E-state index is 0.160. The highest BCUT2D eigenvalue weighted by atomic mass is 16.5. The van der Waals surface area contributed by atoms with E-state index in [0.29, 0.717) is 0 Å². The minimum absolute atomic E-state index is 0.160. The average molecular weight is 430 g/mol. The lowest BCUT2D eigenvalue weighted by Gasteiger charge is -2.38. The summed E-state index contributed by atoms with van der Waals surface area (Å²) in [5.74, 6) is 0.986. The summed E-state index contributed by atoms with van der Waals surface area (Å²) in [7, 11) is 1.88. The van der Waals surface area contributed by atoms with E-state index in [-0.39, 0.29) is 12.2 Å². The summed E-state index contributed by atoms with van der Waals surface area (Å²) >= 11 is 0. The van der Waals surface area contributed by atoms with Crippen molar-refractivity contribution in [1.82, 2.24) is 15.1 Å². The molecule has 0 spiro atoms. The first-order chi connectivity index (χ1) is 15.2. The van der Waals surface area contributed by atoms with Crippen LogP contribution in [0.4, 0.5) is 5.69 Å². The molecule has 3 fully saturated rings. The van der Waals surface area contributed by atoms with Crippen molar-refractivity contribution in [1.29, 1.82) is 0 Å². The van der Waals surface area contributed by atoms with Gasteiger partial charge in [-0.05, 0) is 43.9 Å². The summed E-state index contributed by atoms with van der Waals surface area (Å²) < 4.78 is 11.8. The van der Waals surface area contributed by atoms with Gasteiger partial charge in [-0.2, -0.15) is 0 Å². The Morgan fingerprint density at radius 3 is 2.61 bits per heavy atom. The van der Waals surface area contributed by atoms with Gasteiger partial charge in [-0.15, -0.1) is 0 Å². The molecular formula is C24H39N5O2. The van der Waals surface area contributed by atoms with Crippen molar-refractivity contribution in [3.05, 3.63) is 29.3 Å². The van der Waals surface area contributed by atoms with Gasteiger partial charge in [0.2, 0.25) is 0 Å². The van der Waals surface area contributed by atoms with Crippen LogP contribution in [0.15, 0.2) is 23.2 Å². The molecule has 2 atom stereocenters. The van der Waals surface area contributed by atoms with Crippen LogP contribution in [-0.4, -0.2) is 101 Å². The van der Waals surface area contributed by atoms with Crippen LogP contribution in [0.3, 0.4) is 0 Å². The summed E-state index contributed by atoms with van der Waals surface area (Å²) in [6.45, 7) is 14.1. The van der Waals surface area contributed by atoms with Crippen molar-refractivity contribution in [2.75, 3.05) is 77.5 Å². The maximum absolute atomic E-state index is 5.99. The Hall–Kier alpha value is -1.83. The first-order valence-corrected chi connectivity index (χ1v) is 11.9. The molecule has 1 aromatic carbocycles. The number of piperazine rings is 1. The number of rotatable bonds is 5. The van der Waals surface area contributed by atoms with E-state index in [1.807, 2.05) is 7.05 Å². The van der Waals surface area contributed by atoms with Gasteiger partial charge in [0.1, 0.15) is 6.10 Å². The van der Waals surface area contributed by atoms with Crippen molar-refractivity contribution < 1.29 is 9.47 Å². The molecule has 0 bridgehead atoms. The fourth-order valence-corrected chi connectivity index (χ4v) is 4.94. The Morgan fingerprint density at radius 2 is 1.87 bits per heavy atom. The highest BCUT2D eigenvalue weighted by molar-refractivity contribution is 5.80. The lowest BCUT2D eigenvalue weighted by molar-refractivity contribution is -0.0817. The molecule has 7 nitrogen and oxygen atoms in total. The lowest BCUT2D eigenvalue weighted by atomic mass is 10.1. The maximum Gasteiger partial charge on any atom is 0.193 e. The topological polar surface area (TPSA) is 52.6 Å². The van der Waals surface area contributed by atoms with Gasteiger partial charge in [0.05, 0.1) is 12.7 Å². The van der Waals surface area contributed by atoms with Gasteiger partial charge in [-0.3, -0.25) is 9.89 Å². The first kappa shape index (κ1) is 22.4. The molecule has 0 amide bonds. The SMILES string of the molecule is CN=C(NCCN1CCN(c2cccc(C)c2C)CC1)N1CCOC(C2CCCO2)C1.